The number of amides is 1. The van der Waals surface area contributed by atoms with Gasteiger partial charge in [0.05, 0.1) is 31.2 Å². The van der Waals surface area contributed by atoms with Crippen molar-refractivity contribution in [2.24, 2.45) is 5.92 Å². The molecular formula is C23H26N4O4. The van der Waals surface area contributed by atoms with Crippen LogP contribution in [-0.2, 0) is 11.3 Å². The number of aromatic amines is 1. The van der Waals surface area contributed by atoms with Crippen LogP contribution < -0.4 is 25.2 Å². The number of ether oxygens (including phenoxy) is 2. The largest absolute Gasteiger partial charge is 0.497 e. The Labute approximate surface area is 180 Å². The Morgan fingerprint density at radius 3 is 2.87 bits per heavy atom. The number of nitrogens with one attached hydrogen (secondary N) is 2. The molecule has 1 unspecified atom stereocenters. The molecule has 0 radical (unpaired) electrons. The summed E-state index contributed by atoms with van der Waals surface area (Å²) in [5.74, 6) is 1.47. The van der Waals surface area contributed by atoms with Crippen LogP contribution in [0.1, 0.15) is 18.4 Å². The Bertz CT molecular complexity index is 1140. The number of anilines is 1. The summed E-state index contributed by atoms with van der Waals surface area (Å²) in [6, 6.07) is 12.9. The number of benzene rings is 2. The highest BCUT2D eigenvalue weighted by atomic mass is 16.5. The van der Waals surface area contributed by atoms with Crippen molar-refractivity contribution in [1.29, 1.82) is 0 Å². The summed E-state index contributed by atoms with van der Waals surface area (Å²) < 4.78 is 10.6. The zero-order valence-electron chi connectivity index (χ0n) is 17.7. The smallest absolute Gasteiger partial charge is 0.291 e. The standard InChI is InChI=1S/C23H26N4O4/c1-30-17-10-9-15(20(12-17)31-2)13-24-22(28)16-6-5-11-27(14-16)21-23(29)26-19-8-4-3-7-18(19)25-21/h3-4,7-10,12,16H,5-6,11,13-14H2,1-2H3,(H,24,28)(H,26,29). The van der Waals surface area contributed by atoms with Gasteiger partial charge in [-0.1, -0.05) is 12.1 Å². The second-order valence-corrected chi connectivity index (χ2v) is 7.59. The topological polar surface area (TPSA) is 96.5 Å². The van der Waals surface area contributed by atoms with E-state index >= 15 is 0 Å². The van der Waals surface area contributed by atoms with Gasteiger partial charge < -0.3 is 24.7 Å². The molecular weight excluding hydrogens is 396 g/mol. The number of H-pyrrole nitrogens is 1. The molecule has 0 bridgehead atoms. The molecule has 1 fully saturated rings. The fourth-order valence-electron chi connectivity index (χ4n) is 3.94. The van der Waals surface area contributed by atoms with Crippen LogP contribution in [0.5, 0.6) is 11.5 Å². The van der Waals surface area contributed by atoms with Gasteiger partial charge in [-0.15, -0.1) is 0 Å². The Kier molecular flexibility index (Phi) is 6.06. The summed E-state index contributed by atoms with van der Waals surface area (Å²) in [7, 11) is 3.19. The molecule has 2 aromatic carbocycles. The third-order valence-electron chi connectivity index (χ3n) is 5.62. The normalized spacial score (nSPS) is 16.2. The number of fused-ring (bicyclic) bond motifs is 1. The molecule has 8 heteroatoms. The lowest BCUT2D eigenvalue weighted by molar-refractivity contribution is -0.125. The second-order valence-electron chi connectivity index (χ2n) is 7.59. The van der Waals surface area contributed by atoms with Crippen molar-refractivity contribution >= 4 is 22.8 Å². The first-order valence-corrected chi connectivity index (χ1v) is 10.3. The maximum atomic E-state index is 12.9. The maximum Gasteiger partial charge on any atom is 0.291 e. The summed E-state index contributed by atoms with van der Waals surface area (Å²) in [5.41, 5.74) is 2.07. The van der Waals surface area contributed by atoms with Gasteiger partial charge in [0.25, 0.3) is 5.56 Å². The number of carbonyl (C=O) groups excluding carboxylic acids is 1. The predicted molar refractivity (Wildman–Crippen MR) is 119 cm³/mol. The third kappa shape index (κ3) is 4.47. The molecule has 1 aliphatic heterocycles. The van der Waals surface area contributed by atoms with Crippen molar-refractivity contribution in [1.82, 2.24) is 15.3 Å². The Balaban J connectivity index is 1.45. The van der Waals surface area contributed by atoms with Gasteiger partial charge in [-0.25, -0.2) is 4.98 Å². The molecule has 1 aromatic heterocycles. The van der Waals surface area contributed by atoms with Crippen molar-refractivity contribution < 1.29 is 14.3 Å². The van der Waals surface area contributed by atoms with E-state index in [1.807, 2.05) is 41.3 Å². The van der Waals surface area contributed by atoms with Gasteiger partial charge >= 0.3 is 0 Å². The van der Waals surface area contributed by atoms with Gasteiger partial charge in [-0.3, -0.25) is 9.59 Å². The van der Waals surface area contributed by atoms with Gasteiger partial charge in [0.2, 0.25) is 5.91 Å². The van der Waals surface area contributed by atoms with E-state index in [1.165, 1.54) is 0 Å². The fraction of sp³-hybridized carbons (Fsp3) is 0.348. The maximum absolute atomic E-state index is 12.9. The van der Waals surface area contributed by atoms with Crippen molar-refractivity contribution in [3.05, 3.63) is 58.4 Å². The lowest BCUT2D eigenvalue weighted by Crippen LogP contribution is -2.44. The molecule has 0 spiro atoms. The van der Waals surface area contributed by atoms with E-state index in [4.69, 9.17) is 9.47 Å². The number of carbonyl (C=O) groups is 1. The summed E-state index contributed by atoms with van der Waals surface area (Å²) in [6.07, 6.45) is 1.59. The first-order chi connectivity index (χ1) is 15.1. The molecule has 8 nitrogen and oxygen atoms in total. The number of methoxy groups -OCH3 is 2. The Hall–Kier alpha value is -3.55. The van der Waals surface area contributed by atoms with Crippen LogP contribution in [0, 0.1) is 5.92 Å². The monoisotopic (exact) mass is 422 g/mol. The van der Waals surface area contributed by atoms with E-state index in [9.17, 15) is 9.59 Å². The number of hydrogen-bond acceptors (Lipinski definition) is 6. The summed E-state index contributed by atoms with van der Waals surface area (Å²) in [6.45, 7) is 1.52. The molecule has 1 atom stereocenters. The second kappa shape index (κ2) is 9.07. The SMILES string of the molecule is COc1ccc(CNC(=O)C2CCCN(c3nc4ccccc4[nH]c3=O)C2)c(OC)c1. The highest BCUT2D eigenvalue weighted by Crippen LogP contribution is 2.25. The van der Waals surface area contributed by atoms with Crippen LogP contribution >= 0.6 is 0 Å². The van der Waals surface area contributed by atoms with Crippen molar-refractivity contribution in [3.63, 3.8) is 0 Å². The van der Waals surface area contributed by atoms with E-state index in [0.29, 0.717) is 42.5 Å². The molecule has 31 heavy (non-hydrogen) atoms. The molecule has 2 N–H and O–H groups in total. The van der Waals surface area contributed by atoms with Crippen LogP contribution in [0.15, 0.2) is 47.3 Å². The first kappa shape index (κ1) is 20.7. The number of aromatic nitrogens is 2. The van der Waals surface area contributed by atoms with Crippen molar-refractivity contribution in [2.75, 3.05) is 32.2 Å². The van der Waals surface area contributed by atoms with Gasteiger partial charge in [-0.05, 0) is 37.1 Å². The molecule has 1 saturated heterocycles. The summed E-state index contributed by atoms with van der Waals surface area (Å²) >= 11 is 0. The minimum atomic E-state index is -0.234. The predicted octanol–water partition coefficient (Wildman–Crippen LogP) is 2.47. The minimum Gasteiger partial charge on any atom is -0.497 e. The molecule has 0 saturated carbocycles. The van der Waals surface area contributed by atoms with Crippen LogP contribution in [-0.4, -0.2) is 43.2 Å². The number of rotatable bonds is 6. The number of piperidine rings is 1. The zero-order valence-corrected chi connectivity index (χ0v) is 17.7. The molecule has 1 aliphatic rings. The molecule has 1 amide bonds. The van der Waals surface area contributed by atoms with Gasteiger partial charge in [0, 0.05) is 31.3 Å². The lowest BCUT2D eigenvalue weighted by atomic mass is 9.97. The van der Waals surface area contributed by atoms with Gasteiger partial charge in [-0.2, -0.15) is 0 Å². The zero-order chi connectivity index (χ0) is 21.8. The summed E-state index contributed by atoms with van der Waals surface area (Å²) in [4.78, 5) is 34.8. The molecule has 0 aliphatic carbocycles. The van der Waals surface area contributed by atoms with E-state index in [2.05, 4.69) is 15.3 Å². The molecule has 4 rings (SSSR count). The van der Waals surface area contributed by atoms with Crippen LogP contribution in [0.4, 0.5) is 5.82 Å². The van der Waals surface area contributed by atoms with Gasteiger partial charge in [0.1, 0.15) is 11.5 Å². The first-order valence-electron chi connectivity index (χ1n) is 10.3. The van der Waals surface area contributed by atoms with Crippen molar-refractivity contribution in [3.8, 4) is 11.5 Å². The van der Waals surface area contributed by atoms with E-state index in [1.54, 1.807) is 20.3 Å². The molecule has 2 heterocycles. The highest BCUT2D eigenvalue weighted by molar-refractivity contribution is 5.80. The van der Waals surface area contributed by atoms with Crippen LogP contribution in [0.25, 0.3) is 11.0 Å². The highest BCUT2D eigenvalue weighted by Gasteiger charge is 2.28. The van der Waals surface area contributed by atoms with E-state index < -0.39 is 0 Å². The fourth-order valence-corrected chi connectivity index (χ4v) is 3.94. The third-order valence-corrected chi connectivity index (χ3v) is 5.62. The summed E-state index contributed by atoms with van der Waals surface area (Å²) in [5, 5.41) is 3.00. The number of hydrogen-bond donors (Lipinski definition) is 2. The van der Waals surface area contributed by atoms with Gasteiger partial charge in [0.15, 0.2) is 5.82 Å². The number of nitrogens with zero attached hydrogens (tertiary/aromatic N) is 2. The van der Waals surface area contributed by atoms with Crippen molar-refractivity contribution in [2.45, 2.75) is 19.4 Å². The van der Waals surface area contributed by atoms with Crippen LogP contribution in [0.3, 0.4) is 0 Å². The Morgan fingerprint density at radius 2 is 2.06 bits per heavy atom. The van der Waals surface area contributed by atoms with E-state index in [0.717, 1.165) is 23.9 Å². The lowest BCUT2D eigenvalue weighted by Gasteiger charge is -2.32. The molecule has 3 aromatic rings. The van der Waals surface area contributed by atoms with E-state index in [-0.39, 0.29) is 17.4 Å². The average molecular weight is 422 g/mol. The Morgan fingerprint density at radius 1 is 1.23 bits per heavy atom. The minimum absolute atomic E-state index is 0.0419. The average Bonchev–Trinajstić information content (AvgIpc) is 2.82. The quantitative estimate of drug-likeness (QED) is 0.634. The molecule has 162 valence electrons. The number of para-hydroxylation sites is 2. The van der Waals surface area contributed by atoms with Crippen LogP contribution in [0.2, 0.25) is 0 Å².